The Morgan fingerprint density at radius 1 is 1.04 bits per heavy atom. The number of benzene rings is 2. The van der Waals surface area contributed by atoms with E-state index in [1.54, 1.807) is 13.2 Å². The number of aryl methyl sites for hydroxylation is 2. The average Bonchev–Trinajstić information content (AvgIpc) is 2.51. The highest BCUT2D eigenvalue weighted by Gasteiger charge is 2.15. The Hall–Kier alpha value is -2.40. The Kier molecular flexibility index (Phi) is 5.34. The third-order valence-electron chi connectivity index (χ3n) is 3.74. The second-order valence-electron chi connectivity index (χ2n) is 5.31. The molecule has 0 saturated carbocycles. The van der Waals surface area contributed by atoms with E-state index in [1.807, 2.05) is 51.1 Å². The van der Waals surface area contributed by atoms with Gasteiger partial charge in [-0.1, -0.05) is 24.3 Å². The molecular formula is C18H20N2O2S. The largest absolute Gasteiger partial charge is 0.496 e. The predicted octanol–water partition coefficient (Wildman–Crippen LogP) is 3.75. The molecular weight excluding hydrogens is 308 g/mol. The molecule has 2 aromatic carbocycles. The summed E-state index contributed by atoms with van der Waals surface area (Å²) in [6, 6.07) is 11.3. The fraction of sp³-hybridized carbons (Fsp3) is 0.222. The van der Waals surface area contributed by atoms with Gasteiger partial charge in [-0.25, -0.2) is 0 Å². The number of carbonyl (C=O) groups excluding carboxylic acids is 1. The number of hydrogen-bond donors (Lipinski definition) is 2. The van der Waals surface area contributed by atoms with Crippen LogP contribution in [-0.2, 0) is 0 Å². The first-order valence-electron chi connectivity index (χ1n) is 7.26. The average molecular weight is 328 g/mol. The normalized spacial score (nSPS) is 10.1. The van der Waals surface area contributed by atoms with E-state index in [9.17, 15) is 4.79 Å². The maximum absolute atomic E-state index is 12.4. The summed E-state index contributed by atoms with van der Waals surface area (Å²) in [5, 5.41) is 6.01. The Balaban J connectivity index is 2.13. The summed E-state index contributed by atoms with van der Waals surface area (Å²) >= 11 is 5.24. The number of nitrogens with one attached hydrogen (secondary N) is 2. The van der Waals surface area contributed by atoms with Gasteiger partial charge in [0.25, 0.3) is 5.91 Å². The lowest BCUT2D eigenvalue weighted by atomic mass is 10.1. The van der Waals surface area contributed by atoms with E-state index < -0.39 is 0 Å². The van der Waals surface area contributed by atoms with Gasteiger partial charge in [0.15, 0.2) is 5.11 Å². The van der Waals surface area contributed by atoms with Crippen LogP contribution < -0.4 is 15.4 Å². The van der Waals surface area contributed by atoms with E-state index in [0.29, 0.717) is 11.3 Å². The molecule has 2 rings (SSSR count). The van der Waals surface area contributed by atoms with Crippen molar-refractivity contribution < 1.29 is 9.53 Å². The van der Waals surface area contributed by atoms with E-state index in [0.717, 1.165) is 22.4 Å². The minimum Gasteiger partial charge on any atom is -0.496 e. The molecule has 0 spiro atoms. The number of rotatable bonds is 3. The van der Waals surface area contributed by atoms with Gasteiger partial charge in [0.2, 0.25) is 0 Å². The van der Waals surface area contributed by atoms with Crippen LogP contribution in [0.25, 0.3) is 0 Å². The summed E-state index contributed by atoms with van der Waals surface area (Å²) < 4.78 is 5.31. The van der Waals surface area contributed by atoms with Crippen LogP contribution in [0, 0.1) is 20.8 Å². The summed E-state index contributed by atoms with van der Waals surface area (Å²) in [4.78, 5) is 12.4. The first-order valence-corrected chi connectivity index (χ1v) is 7.67. The molecule has 0 aromatic heterocycles. The molecule has 2 aromatic rings. The zero-order chi connectivity index (χ0) is 17.0. The number of anilines is 1. The molecule has 0 bridgehead atoms. The second kappa shape index (κ2) is 7.24. The topological polar surface area (TPSA) is 50.4 Å². The number of methoxy groups -OCH3 is 1. The van der Waals surface area contributed by atoms with Gasteiger partial charge in [-0.15, -0.1) is 0 Å². The third kappa shape index (κ3) is 3.87. The fourth-order valence-corrected chi connectivity index (χ4v) is 2.52. The van der Waals surface area contributed by atoms with Crippen LogP contribution in [0.4, 0.5) is 5.69 Å². The summed E-state index contributed by atoms with van der Waals surface area (Å²) in [5.41, 5.74) is 4.49. The maximum atomic E-state index is 12.4. The molecule has 0 fully saturated rings. The summed E-state index contributed by atoms with van der Waals surface area (Å²) in [6.07, 6.45) is 0. The molecule has 4 nitrogen and oxygen atoms in total. The molecule has 1 amide bonds. The van der Waals surface area contributed by atoms with Gasteiger partial charge in [0, 0.05) is 5.69 Å². The number of para-hydroxylation sites is 1. The smallest absolute Gasteiger partial charge is 0.261 e. The number of thiocarbonyl (C=S) groups is 1. The zero-order valence-corrected chi connectivity index (χ0v) is 14.5. The third-order valence-corrected chi connectivity index (χ3v) is 3.94. The van der Waals surface area contributed by atoms with Crippen LogP contribution in [0.5, 0.6) is 5.75 Å². The molecule has 0 aliphatic heterocycles. The van der Waals surface area contributed by atoms with Crippen molar-refractivity contribution in [2.24, 2.45) is 0 Å². The SMILES string of the molecule is COc1c(C)cccc1C(=O)NC(=S)Nc1cccc(C)c1C. The van der Waals surface area contributed by atoms with E-state index in [1.165, 1.54) is 0 Å². The first-order chi connectivity index (χ1) is 10.9. The maximum Gasteiger partial charge on any atom is 0.261 e. The number of amides is 1. The van der Waals surface area contributed by atoms with Gasteiger partial charge >= 0.3 is 0 Å². The lowest BCUT2D eigenvalue weighted by Gasteiger charge is -2.14. The van der Waals surface area contributed by atoms with E-state index >= 15 is 0 Å². The minimum absolute atomic E-state index is 0.257. The Morgan fingerprint density at radius 2 is 1.70 bits per heavy atom. The molecule has 0 aliphatic rings. The molecule has 2 N–H and O–H groups in total. The number of ether oxygens (including phenoxy) is 1. The summed E-state index contributed by atoms with van der Waals surface area (Å²) in [6.45, 7) is 5.92. The zero-order valence-electron chi connectivity index (χ0n) is 13.7. The Labute approximate surface area is 141 Å². The first kappa shape index (κ1) is 17.0. The molecule has 0 saturated heterocycles. The molecule has 0 unspecified atom stereocenters. The van der Waals surface area contributed by atoms with Crippen LogP contribution in [0.3, 0.4) is 0 Å². The van der Waals surface area contributed by atoms with Crippen molar-refractivity contribution in [2.45, 2.75) is 20.8 Å². The van der Waals surface area contributed by atoms with Crippen molar-refractivity contribution in [3.63, 3.8) is 0 Å². The lowest BCUT2D eigenvalue weighted by Crippen LogP contribution is -2.34. The number of carbonyl (C=O) groups is 1. The van der Waals surface area contributed by atoms with Crippen molar-refractivity contribution >= 4 is 28.9 Å². The van der Waals surface area contributed by atoms with Crippen LogP contribution in [0.2, 0.25) is 0 Å². The van der Waals surface area contributed by atoms with Crippen LogP contribution in [0.1, 0.15) is 27.0 Å². The van der Waals surface area contributed by atoms with Crippen LogP contribution in [-0.4, -0.2) is 18.1 Å². The minimum atomic E-state index is -0.298. The molecule has 0 heterocycles. The highest BCUT2D eigenvalue weighted by Crippen LogP contribution is 2.23. The molecule has 120 valence electrons. The molecule has 0 atom stereocenters. The van der Waals surface area contributed by atoms with Gasteiger partial charge in [-0.2, -0.15) is 0 Å². The van der Waals surface area contributed by atoms with Crippen molar-refractivity contribution in [3.05, 3.63) is 58.7 Å². The quantitative estimate of drug-likeness (QED) is 0.843. The highest BCUT2D eigenvalue weighted by atomic mass is 32.1. The van der Waals surface area contributed by atoms with E-state index in [4.69, 9.17) is 17.0 Å². The highest BCUT2D eigenvalue weighted by molar-refractivity contribution is 7.80. The summed E-state index contributed by atoms with van der Waals surface area (Å²) in [7, 11) is 1.55. The van der Waals surface area contributed by atoms with Gasteiger partial charge in [-0.3, -0.25) is 10.1 Å². The van der Waals surface area contributed by atoms with Crippen molar-refractivity contribution in [1.29, 1.82) is 0 Å². The van der Waals surface area contributed by atoms with E-state index in [2.05, 4.69) is 10.6 Å². The standard InChI is InChI=1S/C18H20N2O2S/c1-11-7-6-10-15(13(11)3)19-18(23)20-17(21)14-9-5-8-12(2)16(14)22-4/h5-10H,1-4H3,(H2,19,20,21,23). The van der Waals surface area contributed by atoms with Gasteiger partial charge in [0.1, 0.15) is 5.75 Å². The fourth-order valence-electron chi connectivity index (χ4n) is 2.31. The van der Waals surface area contributed by atoms with Gasteiger partial charge < -0.3 is 10.1 Å². The van der Waals surface area contributed by atoms with Gasteiger partial charge in [-0.05, 0) is 61.8 Å². The molecule has 23 heavy (non-hydrogen) atoms. The number of hydrogen-bond acceptors (Lipinski definition) is 3. The van der Waals surface area contributed by atoms with Crippen molar-refractivity contribution in [2.75, 3.05) is 12.4 Å². The van der Waals surface area contributed by atoms with Crippen LogP contribution >= 0.6 is 12.2 Å². The van der Waals surface area contributed by atoms with E-state index in [-0.39, 0.29) is 11.0 Å². The van der Waals surface area contributed by atoms with Gasteiger partial charge in [0.05, 0.1) is 12.7 Å². The molecule has 0 radical (unpaired) electrons. The monoisotopic (exact) mass is 328 g/mol. The lowest BCUT2D eigenvalue weighted by molar-refractivity contribution is 0.0974. The second-order valence-corrected chi connectivity index (χ2v) is 5.72. The molecule has 0 aliphatic carbocycles. The Bertz CT molecular complexity index is 757. The predicted molar refractivity (Wildman–Crippen MR) is 97.3 cm³/mol. The van der Waals surface area contributed by atoms with Crippen molar-refractivity contribution in [3.8, 4) is 5.75 Å². The van der Waals surface area contributed by atoms with Crippen LogP contribution in [0.15, 0.2) is 36.4 Å². The summed E-state index contributed by atoms with van der Waals surface area (Å²) in [5.74, 6) is 0.257. The Morgan fingerprint density at radius 3 is 2.39 bits per heavy atom. The molecule has 5 heteroatoms. The van der Waals surface area contributed by atoms with Crippen molar-refractivity contribution in [1.82, 2.24) is 5.32 Å².